The Labute approximate surface area is 292 Å². The smallest absolute Gasteiger partial charge is 0.229 e. The average Bonchev–Trinajstić information content (AvgIpc) is 3.10. The molecule has 0 atom stereocenters. The number of nitrogens with zero attached hydrogens (tertiary/aromatic N) is 7. The van der Waals surface area contributed by atoms with Gasteiger partial charge in [0.05, 0.1) is 29.7 Å². The largest absolute Gasteiger partial charge is 0.494 e. The van der Waals surface area contributed by atoms with Crippen molar-refractivity contribution in [2.45, 2.75) is 32.2 Å². The van der Waals surface area contributed by atoms with E-state index in [4.69, 9.17) is 9.72 Å². The molecule has 10 nitrogen and oxygen atoms in total. The fourth-order valence-electron chi connectivity index (χ4n) is 6.49. The van der Waals surface area contributed by atoms with Crippen LogP contribution in [0.1, 0.15) is 25.3 Å². The summed E-state index contributed by atoms with van der Waals surface area (Å²) in [4.78, 5) is 25.4. The summed E-state index contributed by atoms with van der Waals surface area (Å²) in [5.74, 6) is 1.87. The van der Waals surface area contributed by atoms with Gasteiger partial charge in [-0.3, -0.25) is 4.90 Å². The van der Waals surface area contributed by atoms with E-state index in [2.05, 4.69) is 102 Å². The number of methoxy groups -OCH3 is 1. The molecule has 13 heteroatoms. The van der Waals surface area contributed by atoms with Crippen LogP contribution in [0, 0.1) is 5.82 Å². The van der Waals surface area contributed by atoms with Gasteiger partial charge in [0.25, 0.3) is 0 Å². The van der Waals surface area contributed by atoms with Crippen LogP contribution in [0.2, 0.25) is 0 Å². The topological polar surface area (TPSA) is 94.6 Å². The van der Waals surface area contributed by atoms with Crippen molar-refractivity contribution in [1.82, 2.24) is 29.7 Å². The van der Waals surface area contributed by atoms with E-state index in [1.807, 2.05) is 12.1 Å². The van der Waals surface area contributed by atoms with Crippen molar-refractivity contribution >= 4 is 58.0 Å². The lowest BCUT2D eigenvalue weighted by atomic mass is 9.99. The first kappa shape index (κ1) is 34.4. The molecule has 6 rings (SSSR count). The van der Waals surface area contributed by atoms with Gasteiger partial charge in [-0.25, -0.2) is 19.3 Å². The number of aryl methyl sites for hydroxylation is 1. The van der Waals surface area contributed by atoms with Gasteiger partial charge in [-0.1, -0.05) is 14.8 Å². The molecule has 2 saturated heterocycles. The number of halogens is 2. The van der Waals surface area contributed by atoms with Gasteiger partial charge in [-0.15, -0.1) is 0 Å². The number of likely N-dealkylation sites (N-methyl/N-ethyl adjacent to an activating group) is 1. The second-order valence-electron chi connectivity index (χ2n) is 12.6. The van der Waals surface area contributed by atoms with Gasteiger partial charge < -0.3 is 25.2 Å². The number of hydrogen-bond acceptors (Lipinski definition) is 10. The van der Waals surface area contributed by atoms with Gasteiger partial charge in [0, 0.05) is 74.5 Å². The molecule has 4 heterocycles. The maximum absolute atomic E-state index is 13.4. The minimum absolute atomic E-state index is 0.454. The Balaban J connectivity index is 1.19. The summed E-state index contributed by atoms with van der Waals surface area (Å²) >= 11 is 3.63. The summed E-state index contributed by atoms with van der Waals surface area (Å²) in [5.41, 5.74) is 5.09. The third kappa shape index (κ3) is 7.88. The summed E-state index contributed by atoms with van der Waals surface area (Å²) in [6, 6.07) is 11.0. The summed E-state index contributed by atoms with van der Waals surface area (Å²) in [6.07, 6.45) is 7.38. The zero-order valence-electron chi connectivity index (χ0n) is 28.3. The summed E-state index contributed by atoms with van der Waals surface area (Å²) in [7, 11) is 3.42. The van der Waals surface area contributed by atoms with Crippen LogP contribution >= 0.6 is 23.9 Å². The lowest BCUT2D eigenvalue weighted by Gasteiger charge is -2.43. The van der Waals surface area contributed by atoms with E-state index in [9.17, 15) is 4.39 Å². The number of aromatic nitrogens is 4. The van der Waals surface area contributed by atoms with E-state index in [1.165, 1.54) is 49.6 Å². The van der Waals surface area contributed by atoms with Gasteiger partial charge >= 0.3 is 0 Å². The molecule has 0 unspecified atom stereocenters. The molecule has 2 aliphatic heterocycles. The monoisotopic (exact) mass is 735 g/mol. The number of piperidine rings is 1. The zero-order valence-corrected chi connectivity index (χ0v) is 30.8. The molecule has 0 radical (unpaired) electrons. The number of hydrogen-bond donors (Lipinski definition) is 2. The molecule has 4 aromatic rings. The molecule has 0 saturated carbocycles. The Morgan fingerprint density at radius 3 is 2.33 bits per heavy atom. The fourth-order valence-corrected chi connectivity index (χ4v) is 7.79. The van der Waals surface area contributed by atoms with Crippen LogP contribution in [0.25, 0.3) is 11.4 Å². The van der Waals surface area contributed by atoms with Crippen molar-refractivity contribution in [3.8, 4) is 17.1 Å². The van der Waals surface area contributed by atoms with Gasteiger partial charge in [-0.05, 0) is 90.7 Å². The number of anilines is 5. The van der Waals surface area contributed by atoms with E-state index in [0.717, 1.165) is 65.1 Å². The van der Waals surface area contributed by atoms with E-state index in [1.54, 1.807) is 13.3 Å². The lowest BCUT2D eigenvalue weighted by molar-refractivity contribution is 0.0982. The van der Waals surface area contributed by atoms with E-state index in [-0.39, 0.29) is 0 Å². The van der Waals surface area contributed by atoms with Crippen molar-refractivity contribution < 1.29 is 9.13 Å². The Kier molecular flexibility index (Phi) is 11.1. The predicted octanol–water partition coefficient (Wildman–Crippen LogP) is 6.48. The van der Waals surface area contributed by atoms with Gasteiger partial charge in [0.2, 0.25) is 5.95 Å². The number of piperazine rings is 1. The highest BCUT2D eigenvalue weighted by atomic mass is 79.9. The van der Waals surface area contributed by atoms with Crippen LogP contribution < -0.4 is 25.6 Å². The third-order valence-electron chi connectivity index (χ3n) is 9.24. The van der Waals surface area contributed by atoms with Gasteiger partial charge in [-0.2, -0.15) is 4.98 Å². The summed E-state index contributed by atoms with van der Waals surface area (Å²) in [5, 5.41) is 8.05. The average molecular weight is 737 g/mol. The van der Waals surface area contributed by atoms with E-state index in [0.29, 0.717) is 23.6 Å². The first-order valence-corrected chi connectivity index (χ1v) is 19.5. The molecule has 2 aliphatic rings. The minimum Gasteiger partial charge on any atom is -0.494 e. The molecular weight excluding hydrogens is 692 g/mol. The third-order valence-corrected chi connectivity index (χ3v) is 11.2. The van der Waals surface area contributed by atoms with Gasteiger partial charge in [0.15, 0.2) is 11.6 Å². The highest BCUT2D eigenvalue weighted by Crippen LogP contribution is 2.38. The van der Waals surface area contributed by atoms with Crippen LogP contribution in [-0.2, 0) is 6.42 Å². The maximum atomic E-state index is 13.4. The SMILES string of the molecule is CCc1cc(Nc2ncc(Br)c(Nc3ccc(-c4ncc(F)cn4)cc3P(C)C)n2)c(OC)cc1N1CCC(N2CCN(C)CC2)CC1. The first-order chi connectivity index (χ1) is 23.2. The highest BCUT2D eigenvalue weighted by Gasteiger charge is 2.28. The molecule has 0 aliphatic carbocycles. The van der Waals surface area contributed by atoms with Crippen molar-refractivity contribution in [3.63, 3.8) is 0 Å². The molecule has 0 amide bonds. The number of ether oxygens (including phenoxy) is 1. The van der Waals surface area contributed by atoms with Crippen LogP contribution in [0.5, 0.6) is 5.75 Å². The van der Waals surface area contributed by atoms with Crippen molar-refractivity contribution in [3.05, 3.63) is 64.8 Å². The molecule has 2 aromatic carbocycles. The van der Waals surface area contributed by atoms with E-state index >= 15 is 0 Å². The standard InChI is InChI=1S/C35H44BrFN9OP/c1-6-23-17-29(31(47-3)19-30(23)46-11-9-26(10-12-46)45-15-13-44(2)14-16-45)42-35-40-22-27(36)34(43-35)41-28-8-7-24(18-32(28)48(4)5)33-38-20-25(37)21-39-33/h7-8,17-22,26H,6,9-16H2,1-5H3,(H2,40,41,42,43). The van der Waals surface area contributed by atoms with Crippen LogP contribution in [0.15, 0.2) is 53.4 Å². The van der Waals surface area contributed by atoms with Crippen molar-refractivity contribution in [1.29, 1.82) is 0 Å². The summed E-state index contributed by atoms with van der Waals surface area (Å²) in [6.45, 7) is 13.3. The second-order valence-corrected chi connectivity index (χ2v) is 15.7. The minimum atomic E-state index is -0.503. The summed E-state index contributed by atoms with van der Waals surface area (Å²) < 4.78 is 20.1. The van der Waals surface area contributed by atoms with E-state index < -0.39 is 13.7 Å². The molecule has 0 spiro atoms. The molecule has 2 fully saturated rings. The highest BCUT2D eigenvalue weighted by molar-refractivity contribution is 9.10. The predicted molar refractivity (Wildman–Crippen MR) is 199 cm³/mol. The molecule has 254 valence electrons. The molecule has 48 heavy (non-hydrogen) atoms. The van der Waals surface area contributed by atoms with Crippen LogP contribution in [-0.4, -0.2) is 103 Å². The number of rotatable bonds is 10. The molecule has 2 aromatic heterocycles. The Bertz CT molecular complexity index is 1710. The normalized spacial score (nSPS) is 16.4. The van der Waals surface area contributed by atoms with Crippen LogP contribution in [0.4, 0.5) is 33.2 Å². The number of nitrogens with one attached hydrogen (secondary N) is 2. The Morgan fingerprint density at radius 1 is 0.938 bits per heavy atom. The maximum Gasteiger partial charge on any atom is 0.229 e. The quantitative estimate of drug-likeness (QED) is 0.177. The Morgan fingerprint density at radius 2 is 1.67 bits per heavy atom. The fraction of sp³-hybridized carbons (Fsp3) is 0.429. The van der Waals surface area contributed by atoms with Crippen LogP contribution in [0.3, 0.4) is 0 Å². The molecule has 0 bridgehead atoms. The lowest BCUT2D eigenvalue weighted by Crippen LogP contribution is -2.52. The number of benzene rings is 2. The molecule has 2 N–H and O–H groups in total. The van der Waals surface area contributed by atoms with Gasteiger partial charge in [0.1, 0.15) is 11.6 Å². The van der Waals surface area contributed by atoms with Crippen molar-refractivity contribution in [2.75, 3.05) is 82.3 Å². The zero-order chi connectivity index (χ0) is 33.8. The second kappa shape index (κ2) is 15.4. The van der Waals surface area contributed by atoms with Crippen molar-refractivity contribution in [2.24, 2.45) is 0 Å². The molecular formula is C35H44BrFN9OP. The first-order valence-electron chi connectivity index (χ1n) is 16.5. The Hall–Kier alpha value is -3.44.